The van der Waals surface area contributed by atoms with E-state index in [2.05, 4.69) is 0 Å². The highest BCUT2D eigenvalue weighted by molar-refractivity contribution is 7.10. The Labute approximate surface area is 91.5 Å². The fourth-order valence-corrected chi connectivity index (χ4v) is 2.05. The number of ether oxygens (including phenoxy) is 1. The van der Waals surface area contributed by atoms with Gasteiger partial charge in [-0.1, -0.05) is 0 Å². The molecule has 1 atom stereocenters. The van der Waals surface area contributed by atoms with Crippen molar-refractivity contribution in [1.29, 1.82) is 5.41 Å². The lowest BCUT2D eigenvalue weighted by molar-refractivity contribution is 0.118. The summed E-state index contributed by atoms with van der Waals surface area (Å²) in [6.45, 7) is 1.74. The van der Waals surface area contributed by atoms with Crippen molar-refractivity contribution in [2.24, 2.45) is 11.5 Å². The molecule has 0 aromatic carbocycles. The van der Waals surface area contributed by atoms with E-state index in [0.29, 0.717) is 6.42 Å². The van der Waals surface area contributed by atoms with Crippen LogP contribution in [0.25, 0.3) is 0 Å². The van der Waals surface area contributed by atoms with Crippen LogP contribution >= 0.6 is 11.3 Å². The van der Waals surface area contributed by atoms with Crippen LogP contribution in [-0.2, 0) is 11.2 Å². The Hall–Kier alpha value is -1.56. The van der Waals surface area contributed by atoms with Gasteiger partial charge in [-0.25, -0.2) is 4.79 Å². The molecule has 0 saturated heterocycles. The molecule has 0 aliphatic rings. The molecule has 0 bridgehead atoms. The molecule has 5 N–H and O–H groups in total. The van der Waals surface area contributed by atoms with Crippen LogP contribution in [-0.4, -0.2) is 11.9 Å². The number of hydrogen-bond donors (Lipinski definition) is 3. The summed E-state index contributed by atoms with van der Waals surface area (Å²) in [6, 6.07) is 1.86. The van der Waals surface area contributed by atoms with E-state index in [-0.39, 0.29) is 11.9 Å². The van der Waals surface area contributed by atoms with Gasteiger partial charge in [-0.2, -0.15) is 0 Å². The van der Waals surface area contributed by atoms with Gasteiger partial charge >= 0.3 is 6.09 Å². The number of amidine groups is 1. The Morgan fingerprint density at radius 3 is 2.87 bits per heavy atom. The van der Waals surface area contributed by atoms with Gasteiger partial charge in [-0.15, -0.1) is 11.3 Å². The lowest BCUT2D eigenvalue weighted by Crippen LogP contribution is -2.15. The van der Waals surface area contributed by atoms with E-state index in [4.69, 9.17) is 21.6 Å². The fraction of sp³-hybridized carbons (Fsp3) is 0.333. The van der Waals surface area contributed by atoms with E-state index in [1.165, 1.54) is 11.3 Å². The Bertz CT molecular complexity index is 375. The third-order valence-corrected chi connectivity index (χ3v) is 2.90. The Morgan fingerprint density at radius 2 is 2.33 bits per heavy atom. The van der Waals surface area contributed by atoms with Gasteiger partial charge in [0.05, 0.1) is 5.84 Å². The van der Waals surface area contributed by atoms with Crippen molar-refractivity contribution in [3.63, 3.8) is 0 Å². The first-order valence-corrected chi connectivity index (χ1v) is 5.23. The fourth-order valence-electron chi connectivity index (χ4n) is 1.15. The lowest BCUT2D eigenvalue weighted by Gasteiger charge is -2.08. The maximum atomic E-state index is 10.5. The average Bonchev–Trinajstić information content (AvgIpc) is 2.50. The first-order valence-electron chi connectivity index (χ1n) is 4.35. The van der Waals surface area contributed by atoms with Crippen molar-refractivity contribution in [2.45, 2.75) is 19.4 Å². The van der Waals surface area contributed by atoms with Crippen LogP contribution < -0.4 is 11.5 Å². The van der Waals surface area contributed by atoms with Crippen LogP contribution in [0, 0.1) is 5.41 Å². The number of carbonyl (C=O) groups is 1. The highest BCUT2D eigenvalue weighted by atomic mass is 32.1. The molecule has 0 aliphatic carbocycles. The van der Waals surface area contributed by atoms with Crippen molar-refractivity contribution in [3.8, 4) is 0 Å². The van der Waals surface area contributed by atoms with Crippen LogP contribution in [0.3, 0.4) is 0 Å². The third kappa shape index (κ3) is 3.59. The van der Waals surface area contributed by atoms with Crippen LogP contribution in [0.1, 0.15) is 23.5 Å². The second-order valence-corrected chi connectivity index (χ2v) is 4.08. The number of hydrogen-bond acceptors (Lipinski definition) is 4. The van der Waals surface area contributed by atoms with E-state index in [9.17, 15) is 4.79 Å². The van der Waals surface area contributed by atoms with Crippen molar-refractivity contribution in [3.05, 3.63) is 21.9 Å². The Morgan fingerprint density at radius 1 is 1.67 bits per heavy atom. The molecule has 0 aliphatic heterocycles. The van der Waals surface area contributed by atoms with Gasteiger partial charge in [0.1, 0.15) is 6.10 Å². The predicted octanol–water partition coefficient (Wildman–Crippen LogP) is 1.38. The second kappa shape index (κ2) is 4.79. The standard InChI is InChI=1S/C9H13N3O2S/c1-5(14-9(12)13)7-2-6(4-15-7)3-8(10)11/h2,4-5H,3H2,1H3,(H3,10,11)(H2,12,13). The molecule has 1 amide bonds. The number of amides is 1. The van der Waals surface area contributed by atoms with Crippen LogP contribution in [0.4, 0.5) is 4.79 Å². The zero-order valence-electron chi connectivity index (χ0n) is 8.32. The number of nitrogens with one attached hydrogen (secondary N) is 1. The Kier molecular flexibility index (Phi) is 3.68. The molecule has 1 aromatic rings. The quantitative estimate of drug-likeness (QED) is 0.535. The van der Waals surface area contributed by atoms with Gasteiger partial charge in [0.2, 0.25) is 0 Å². The Balaban J connectivity index is 2.66. The van der Waals surface area contributed by atoms with E-state index in [1.54, 1.807) is 6.92 Å². The van der Waals surface area contributed by atoms with Crippen LogP contribution in [0.15, 0.2) is 11.4 Å². The SMILES string of the molecule is CC(OC(N)=O)c1cc(CC(=N)N)cs1. The third-order valence-electron chi connectivity index (χ3n) is 1.76. The number of primary amides is 1. The maximum Gasteiger partial charge on any atom is 0.405 e. The molecule has 0 saturated carbocycles. The molecule has 0 fully saturated rings. The van der Waals surface area contributed by atoms with Crippen molar-refractivity contribution >= 4 is 23.3 Å². The van der Waals surface area contributed by atoms with Crippen molar-refractivity contribution < 1.29 is 9.53 Å². The van der Waals surface area contributed by atoms with Gasteiger partial charge < -0.3 is 16.2 Å². The van der Waals surface area contributed by atoms with Gasteiger partial charge in [0, 0.05) is 11.3 Å². The first-order chi connectivity index (χ1) is 6.99. The van der Waals surface area contributed by atoms with Crippen LogP contribution in [0.5, 0.6) is 0 Å². The van der Waals surface area contributed by atoms with Gasteiger partial charge in [0.15, 0.2) is 0 Å². The number of nitrogens with two attached hydrogens (primary N) is 2. The average molecular weight is 227 g/mol. The largest absolute Gasteiger partial charge is 0.441 e. The summed E-state index contributed by atoms with van der Waals surface area (Å²) in [5, 5.41) is 9.03. The second-order valence-electron chi connectivity index (χ2n) is 3.14. The summed E-state index contributed by atoms with van der Waals surface area (Å²) in [7, 11) is 0. The lowest BCUT2D eigenvalue weighted by atomic mass is 10.2. The summed E-state index contributed by atoms with van der Waals surface area (Å²) in [5.41, 5.74) is 11.1. The van der Waals surface area contributed by atoms with E-state index in [0.717, 1.165) is 10.4 Å². The summed E-state index contributed by atoms with van der Waals surface area (Å²) in [4.78, 5) is 11.4. The van der Waals surface area contributed by atoms with Crippen LogP contribution in [0.2, 0.25) is 0 Å². The van der Waals surface area contributed by atoms with E-state index >= 15 is 0 Å². The molecule has 1 heterocycles. The minimum absolute atomic E-state index is 0.114. The van der Waals surface area contributed by atoms with E-state index in [1.807, 2.05) is 11.4 Å². The molecule has 1 unspecified atom stereocenters. The minimum Gasteiger partial charge on any atom is -0.441 e. The predicted molar refractivity (Wildman–Crippen MR) is 59.0 cm³/mol. The molecule has 1 aromatic heterocycles. The molecule has 0 radical (unpaired) electrons. The maximum absolute atomic E-state index is 10.5. The molecule has 6 heteroatoms. The molecule has 15 heavy (non-hydrogen) atoms. The number of thiophene rings is 1. The highest BCUT2D eigenvalue weighted by Gasteiger charge is 2.11. The van der Waals surface area contributed by atoms with Crippen molar-refractivity contribution in [1.82, 2.24) is 0 Å². The summed E-state index contributed by atoms with van der Waals surface area (Å²) in [6.07, 6.45) is -0.725. The molecular weight excluding hydrogens is 214 g/mol. The number of carbonyl (C=O) groups excluding carboxylic acids is 1. The zero-order valence-corrected chi connectivity index (χ0v) is 9.14. The molecule has 5 nitrogen and oxygen atoms in total. The first kappa shape index (κ1) is 11.5. The minimum atomic E-state index is -0.788. The summed E-state index contributed by atoms with van der Waals surface area (Å²) in [5.74, 6) is 0.114. The molecule has 1 rings (SSSR count). The summed E-state index contributed by atoms with van der Waals surface area (Å²) < 4.78 is 4.82. The normalized spacial score (nSPS) is 12.1. The van der Waals surface area contributed by atoms with Gasteiger partial charge in [0.25, 0.3) is 0 Å². The van der Waals surface area contributed by atoms with Gasteiger partial charge in [-0.3, -0.25) is 5.41 Å². The molecule has 82 valence electrons. The topological polar surface area (TPSA) is 102 Å². The van der Waals surface area contributed by atoms with Crippen molar-refractivity contribution in [2.75, 3.05) is 0 Å². The molecule has 0 spiro atoms. The zero-order chi connectivity index (χ0) is 11.4. The van der Waals surface area contributed by atoms with Gasteiger partial charge in [-0.05, 0) is 23.9 Å². The summed E-state index contributed by atoms with van der Waals surface area (Å²) >= 11 is 1.46. The highest BCUT2D eigenvalue weighted by Crippen LogP contribution is 2.24. The smallest absolute Gasteiger partial charge is 0.405 e. The molecular formula is C9H13N3O2S. The monoisotopic (exact) mass is 227 g/mol. The number of rotatable bonds is 4. The van der Waals surface area contributed by atoms with E-state index < -0.39 is 6.09 Å².